The molecule has 1 aromatic heterocycles. The fourth-order valence-corrected chi connectivity index (χ4v) is 5.25. The number of aromatic nitrogens is 1. The zero-order valence-electron chi connectivity index (χ0n) is 23.4. The van der Waals surface area contributed by atoms with E-state index in [1.807, 2.05) is 26.0 Å². The Labute approximate surface area is 265 Å². The highest BCUT2D eigenvalue weighted by Gasteiger charge is 2.21. The molecule has 0 unspecified atom stereocenters. The summed E-state index contributed by atoms with van der Waals surface area (Å²) in [6.45, 7) is 5.41. The van der Waals surface area contributed by atoms with E-state index in [2.05, 4.69) is 26.5 Å². The molecule has 44 heavy (non-hydrogen) atoms. The van der Waals surface area contributed by atoms with Crippen LogP contribution in [0.2, 0.25) is 10.0 Å². The summed E-state index contributed by atoms with van der Waals surface area (Å²) in [7, 11) is 0. The highest BCUT2D eigenvalue weighted by Crippen LogP contribution is 2.32. The number of nitrogens with zero attached hydrogens (tertiary/aromatic N) is 3. The lowest BCUT2D eigenvalue weighted by atomic mass is 10.1. The molecular formula is C28H25Cl2N7O6S-2. The number of thiazole rings is 1. The number of aryl methyl sites for hydroxylation is 3. The number of allylic oxidation sites excluding steroid dienone is 1. The summed E-state index contributed by atoms with van der Waals surface area (Å²) >= 11 is 13.2. The molecule has 1 heterocycles. The van der Waals surface area contributed by atoms with Gasteiger partial charge in [-0.1, -0.05) is 52.2 Å². The fourth-order valence-electron chi connectivity index (χ4n) is 4.02. The third-order valence-electron chi connectivity index (χ3n) is 6.22. The maximum atomic E-state index is 13.5. The predicted molar refractivity (Wildman–Crippen MR) is 174 cm³/mol. The lowest BCUT2D eigenvalue weighted by Gasteiger charge is -2.37. The average Bonchev–Trinajstić information content (AvgIpc) is 3.33. The van der Waals surface area contributed by atoms with E-state index in [0.29, 0.717) is 37.1 Å². The van der Waals surface area contributed by atoms with Gasteiger partial charge in [-0.3, -0.25) is 25.8 Å². The first-order valence-corrected chi connectivity index (χ1v) is 14.3. The average molecular weight is 659 g/mol. The Morgan fingerprint density at radius 2 is 1.75 bits per heavy atom. The standard InChI is InChI=1S/C28H25Cl2N7O6S/c1-14-4-8-21(15(2)10-14)33-27(39)23(35-34-22-9-6-18(36(40)41)12-24(22)37(42)43)13-25(38)26-16(3)31-28(44-26)32-17-5-7-19(29)20(30)11-17/h4-12,33-35,39H,13H2,1-3H3,(H,31,32)/q-2. The van der Waals surface area contributed by atoms with Crippen LogP contribution in [0, 0.1) is 41.3 Å². The Kier molecular flexibility index (Phi) is 10.1. The summed E-state index contributed by atoms with van der Waals surface area (Å²) in [4.78, 5) is 29.0. The number of aliphatic hydroxyl groups is 1. The first kappa shape index (κ1) is 32.3. The molecule has 0 atom stereocenters. The van der Waals surface area contributed by atoms with Gasteiger partial charge in [0.1, 0.15) is 5.69 Å². The van der Waals surface area contributed by atoms with Crippen LogP contribution < -0.4 is 26.7 Å². The van der Waals surface area contributed by atoms with Gasteiger partial charge in [0, 0.05) is 23.1 Å². The minimum absolute atomic E-state index is 0.0607. The van der Waals surface area contributed by atoms with Gasteiger partial charge in [0.2, 0.25) is 5.88 Å². The minimum Gasteiger partial charge on any atom is -0.769 e. The molecule has 0 aliphatic heterocycles. The largest absolute Gasteiger partial charge is 0.769 e. The zero-order chi connectivity index (χ0) is 32.1. The number of nitro benzene ring substituents is 1. The minimum atomic E-state index is -0.789. The number of nitrogens with one attached hydrogen (secondary N) is 4. The summed E-state index contributed by atoms with van der Waals surface area (Å²) in [5.74, 6) is -0.850. The maximum absolute atomic E-state index is 13.5. The molecule has 16 heteroatoms. The van der Waals surface area contributed by atoms with Gasteiger partial charge in [-0.2, -0.15) is 0 Å². The van der Waals surface area contributed by atoms with Gasteiger partial charge in [-0.25, -0.2) is 4.98 Å². The van der Waals surface area contributed by atoms with Crippen molar-refractivity contribution in [3.8, 4) is 0 Å². The molecule has 13 nitrogen and oxygen atoms in total. The Balaban J connectivity index is 1.62. The van der Waals surface area contributed by atoms with Crippen molar-refractivity contribution in [2.75, 3.05) is 21.3 Å². The van der Waals surface area contributed by atoms with Crippen molar-refractivity contribution >= 4 is 73.9 Å². The number of hydrogen-bond acceptors (Lipinski definition) is 13. The monoisotopic (exact) mass is 657 g/mol. The number of Topliss-reactive ketones (excluding diaryl/α,β-unsaturated/α-hetero) is 1. The molecule has 0 aliphatic carbocycles. The molecule has 0 amide bonds. The fraction of sp³-hybridized carbons (Fsp3) is 0.143. The number of ketones is 1. The van der Waals surface area contributed by atoms with Crippen LogP contribution in [0.25, 0.3) is 0 Å². The number of carbonyl (C=O) groups is 1. The maximum Gasteiger partial charge on any atom is 0.296 e. The normalized spacial score (nSPS) is 11.4. The van der Waals surface area contributed by atoms with E-state index < -0.39 is 33.2 Å². The third-order valence-corrected chi connectivity index (χ3v) is 8.07. The predicted octanol–water partition coefficient (Wildman–Crippen LogP) is 7.86. The van der Waals surface area contributed by atoms with Gasteiger partial charge >= 0.3 is 0 Å². The van der Waals surface area contributed by atoms with Gasteiger partial charge < -0.3 is 31.4 Å². The Morgan fingerprint density at radius 3 is 2.41 bits per heavy atom. The number of aliphatic hydroxyl groups excluding tert-OH is 1. The summed E-state index contributed by atoms with van der Waals surface area (Å²) < 4.78 is 0. The number of hydrazine groups is 1. The van der Waals surface area contributed by atoms with Gasteiger partial charge in [0.05, 0.1) is 37.7 Å². The summed E-state index contributed by atoms with van der Waals surface area (Å²) in [5.41, 5.74) is 7.44. The zero-order valence-corrected chi connectivity index (χ0v) is 25.7. The number of rotatable bonds is 12. The van der Waals surface area contributed by atoms with Gasteiger partial charge in [-0.15, -0.1) is 0 Å². The first-order chi connectivity index (χ1) is 20.8. The highest BCUT2D eigenvalue weighted by molar-refractivity contribution is 7.17. The number of hydrogen-bond donors (Lipinski definition) is 5. The lowest BCUT2D eigenvalue weighted by molar-refractivity contribution is -0.383. The number of carbonyl (C=O) groups excluding carboxylic acids is 1. The van der Waals surface area contributed by atoms with Crippen molar-refractivity contribution in [2.24, 2.45) is 0 Å². The van der Waals surface area contributed by atoms with Crippen molar-refractivity contribution in [3.05, 3.63) is 118 Å². The number of halogens is 2. The molecule has 5 N–H and O–H groups in total. The van der Waals surface area contributed by atoms with Crippen molar-refractivity contribution in [1.29, 1.82) is 0 Å². The van der Waals surface area contributed by atoms with E-state index >= 15 is 0 Å². The third kappa shape index (κ3) is 7.86. The second kappa shape index (κ2) is 13.8. The van der Waals surface area contributed by atoms with E-state index in [-0.39, 0.29) is 17.8 Å². The van der Waals surface area contributed by atoms with Gasteiger partial charge in [0.25, 0.3) is 5.69 Å². The van der Waals surface area contributed by atoms with E-state index in [0.717, 1.165) is 40.7 Å². The van der Waals surface area contributed by atoms with Crippen LogP contribution in [-0.2, 0) is 0 Å². The van der Waals surface area contributed by atoms with Crippen LogP contribution >= 0.6 is 34.5 Å². The summed E-state index contributed by atoms with van der Waals surface area (Å²) in [6, 6.07) is 13.5. The van der Waals surface area contributed by atoms with Crippen molar-refractivity contribution in [3.63, 3.8) is 0 Å². The van der Waals surface area contributed by atoms with E-state index in [4.69, 9.17) is 23.2 Å². The number of anilines is 5. The molecule has 4 rings (SSSR count). The van der Waals surface area contributed by atoms with Crippen LogP contribution in [0.15, 0.2) is 66.2 Å². The van der Waals surface area contributed by atoms with Crippen LogP contribution in [0.1, 0.15) is 32.9 Å². The highest BCUT2D eigenvalue weighted by atomic mass is 35.5. The number of nitro groups is 1. The summed E-state index contributed by atoms with van der Waals surface area (Å²) in [6.07, 6.45) is -0.382. The molecule has 0 fully saturated rings. The second-order valence-corrected chi connectivity index (χ2v) is 11.3. The molecular weight excluding hydrogens is 633 g/mol. The van der Waals surface area contributed by atoms with Crippen LogP contribution in [0.3, 0.4) is 0 Å². The molecule has 4 aromatic rings. The first-order valence-electron chi connectivity index (χ1n) is 12.8. The lowest BCUT2D eigenvalue weighted by Crippen LogP contribution is -2.26. The van der Waals surface area contributed by atoms with E-state index in [1.54, 1.807) is 31.2 Å². The van der Waals surface area contributed by atoms with Crippen LogP contribution in [-0.4, -0.2) is 20.8 Å². The smallest absolute Gasteiger partial charge is 0.296 e. The Hall–Kier alpha value is -4.60. The van der Waals surface area contributed by atoms with Crippen LogP contribution in [0.5, 0.6) is 0 Å². The van der Waals surface area contributed by atoms with Gasteiger partial charge in [0.15, 0.2) is 10.9 Å². The Bertz CT molecular complexity index is 1760. The quantitative estimate of drug-likeness (QED) is 0.0429. The second-order valence-electron chi connectivity index (χ2n) is 9.52. The van der Waals surface area contributed by atoms with E-state index in [1.165, 1.54) is 0 Å². The molecule has 0 aliphatic rings. The van der Waals surface area contributed by atoms with Crippen LogP contribution in [0.4, 0.5) is 33.6 Å². The van der Waals surface area contributed by atoms with Crippen molar-refractivity contribution < 1.29 is 14.8 Å². The molecule has 0 radical (unpaired) electrons. The molecule has 3 aromatic carbocycles. The SMILES string of the molecule is Cc1ccc(NC(O)=C(CC(=O)c2sc(Nc3ccc(Cl)c(Cl)c3)nc2C)NNc2ccc(N([O-])[O-])cc2[N+](=O)[O-])c(C)c1. The summed E-state index contributed by atoms with van der Waals surface area (Å²) in [5, 5.41) is 51.3. The van der Waals surface area contributed by atoms with Crippen molar-refractivity contribution in [1.82, 2.24) is 10.4 Å². The van der Waals surface area contributed by atoms with Crippen molar-refractivity contribution in [2.45, 2.75) is 27.2 Å². The van der Waals surface area contributed by atoms with E-state index in [9.17, 15) is 30.4 Å². The Morgan fingerprint density at radius 1 is 1.02 bits per heavy atom. The molecule has 0 saturated carbocycles. The molecule has 230 valence electrons. The molecule has 0 spiro atoms. The topological polar surface area (TPSA) is 191 Å². The molecule has 0 saturated heterocycles. The number of benzene rings is 3. The van der Waals surface area contributed by atoms with Gasteiger partial charge in [-0.05, 0) is 62.7 Å². The molecule has 0 bridgehead atoms.